The second-order valence-electron chi connectivity index (χ2n) is 9.11. The number of nitrogens with two attached hydrogens (primary N) is 1. The predicted molar refractivity (Wildman–Crippen MR) is 118 cm³/mol. The van der Waals surface area contributed by atoms with Crippen LogP contribution in [0.25, 0.3) is 0 Å². The smallest absolute Gasteiger partial charge is 0.387 e. The zero-order valence-corrected chi connectivity index (χ0v) is 18.0. The molecule has 2 heterocycles. The van der Waals surface area contributed by atoms with Crippen LogP contribution in [0.3, 0.4) is 0 Å². The van der Waals surface area contributed by atoms with E-state index in [1.54, 1.807) is 0 Å². The fourth-order valence-electron chi connectivity index (χ4n) is 4.92. The molecule has 0 radical (unpaired) electrons. The molecule has 3 aliphatic carbocycles. The van der Waals surface area contributed by atoms with Crippen molar-refractivity contribution in [1.82, 2.24) is 9.88 Å². The molecule has 32 heavy (non-hydrogen) atoms. The molecule has 2 unspecified atom stereocenters. The Kier molecular flexibility index (Phi) is 5.94. The molecule has 3 fully saturated rings. The van der Waals surface area contributed by atoms with Crippen LogP contribution in [0.2, 0.25) is 0 Å². The molecule has 1 aromatic heterocycles. The van der Waals surface area contributed by atoms with Gasteiger partial charge in [-0.3, -0.25) is 9.89 Å². The summed E-state index contributed by atoms with van der Waals surface area (Å²) in [6, 6.07) is 2.03. The Labute approximate surface area is 186 Å². The van der Waals surface area contributed by atoms with Crippen LogP contribution in [-0.4, -0.2) is 66.8 Å². The summed E-state index contributed by atoms with van der Waals surface area (Å²) in [6.45, 7) is 1.29. The number of rotatable bonds is 9. The molecule has 2 atom stereocenters. The molecule has 4 aliphatic rings. The minimum atomic E-state index is -2.98. The normalized spacial score (nSPS) is 25.9. The van der Waals surface area contributed by atoms with Gasteiger partial charge in [0.05, 0.1) is 13.2 Å². The number of morpholine rings is 1. The second kappa shape index (κ2) is 8.86. The van der Waals surface area contributed by atoms with E-state index in [4.69, 9.17) is 20.9 Å². The number of nitrogen functional groups attached to an aromatic ring is 1. The molecule has 3 N–H and O–H groups in total. The van der Waals surface area contributed by atoms with Gasteiger partial charge in [-0.15, -0.1) is 0 Å². The Morgan fingerprint density at radius 1 is 1.34 bits per heavy atom. The molecule has 1 aliphatic heterocycles. The van der Waals surface area contributed by atoms with Crippen LogP contribution in [0.5, 0.6) is 5.75 Å². The summed E-state index contributed by atoms with van der Waals surface area (Å²) in [7, 11) is 0. The van der Waals surface area contributed by atoms with Gasteiger partial charge in [0, 0.05) is 61.2 Å². The number of pyridine rings is 1. The van der Waals surface area contributed by atoms with Gasteiger partial charge in [0.25, 0.3) is 0 Å². The highest BCUT2D eigenvalue weighted by Gasteiger charge is 2.47. The van der Waals surface area contributed by atoms with Gasteiger partial charge in [-0.25, -0.2) is 4.98 Å². The van der Waals surface area contributed by atoms with Crippen molar-refractivity contribution in [1.29, 1.82) is 5.41 Å². The van der Waals surface area contributed by atoms with Gasteiger partial charge in [0.15, 0.2) is 11.6 Å². The quantitative estimate of drug-likeness (QED) is 0.569. The Morgan fingerprint density at radius 2 is 2.12 bits per heavy atom. The van der Waals surface area contributed by atoms with E-state index in [-0.39, 0.29) is 11.6 Å². The molecule has 0 amide bonds. The molecule has 1 saturated heterocycles. The van der Waals surface area contributed by atoms with Crippen LogP contribution in [0, 0.1) is 17.2 Å². The number of anilines is 1. The van der Waals surface area contributed by atoms with Gasteiger partial charge in [-0.2, -0.15) is 8.78 Å². The fraction of sp³-hybridized carbons (Fsp3) is 0.609. The summed E-state index contributed by atoms with van der Waals surface area (Å²) >= 11 is 0. The molecule has 1 aromatic rings. The number of hydrogen-bond donors (Lipinski definition) is 2. The number of ether oxygens (including phenoxy) is 2. The Balaban J connectivity index is 1.29. The summed E-state index contributed by atoms with van der Waals surface area (Å²) in [5.74, 6) is 0.764. The summed E-state index contributed by atoms with van der Waals surface area (Å²) < 4.78 is 35.4. The maximum atomic E-state index is 12.7. The fourth-order valence-corrected chi connectivity index (χ4v) is 4.92. The summed E-state index contributed by atoms with van der Waals surface area (Å²) in [4.78, 5) is 11.3. The third-order valence-electron chi connectivity index (χ3n) is 6.89. The minimum Gasteiger partial charge on any atom is -0.431 e. The van der Waals surface area contributed by atoms with Gasteiger partial charge < -0.3 is 20.6 Å². The highest BCUT2D eigenvalue weighted by atomic mass is 19.3. The number of aliphatic imine (C=N–C) groups is 1. The van der Waals surface area contributed by atoms with Crippen LogP contribution in [0.15, 0.2) is 28.4 Å². The summed E-state index contributed by atoms with van der Waals surface area (Å²) in [5.41, 5.74) is 10.1. The topological polar surface area (TPSA) is 96.8 Å². The first-order chi connectivity index (χ1) is 15.5. The minimum absolute atomic E-state index is 0.0820. The zero-order valence-electron chi connectivity index (χ0n) is 18.0. The van der Waals surface area contributed by atoms with Crippen molar-refractivity contribution in [2.75, 3.05) is 38.6 Å². The average Bonchev–Trinajstić information content (AvgIpc) is 3.69. The van der Waals surface area contributed by atoms with Gasteiger partial charge in [0.2, 0.25) is 0 Å². The van der Waals surface area contributed by atoms with E-state index in [0.29, 0.717) is 47.8 Å². The predicted octanol–water partition coefficient (Wildman–Crippen LogP) is 3.30. The lowest BCUT2D eigenvalue weighted by Gasteiger charge is -2.32. The monoisotopic (exact) mass is 445 g/mol. The van der Waals surface area contributed by atoms with Crippen LogP contribution in [-0.2, 0) is 4.74 Å². The van der Waals surface area contributed by atoms with E-state index < -0.39 is 6.61 Å². The second-order valence-corrected chi connectivity index (χ2v) is 9.11. The van der Waals surface area contributed by atoms with E-state index in [2.05, 4.69) is 14.6 Å². The van der Waals surface area contributed by atoms with Crippen LogP contribution in [0.1, 0.15) is 37.7 Å². The van der Waals surface area contributed by atoms with E-state index >= 15 is 0 Å². The molecule has 9 heteroatoms. The van der Waals surface area contributed by atoms with Gasteiger partial charge in [-0.05, 0) is 43.2 Å². The van der Waals surface area contributed by atoms with Gasteiger partial charge >= 0.3 is 6.61 Å². The van der Waals surface area contributed by atoms with Crippen LogP contribution >= 0.6 is 0 Å². The first kappa shape index (κ1) is 21.5. The average molecular weight is 446 g/mol. The maximum Gasteiger partial charge on any atom is 0.387 e. The molecule has 2 saturated carbocycles. The van der Waals surface area contributed by atoms with Crippen molar-refractivity contribution in [2.45, 2.75) is 44.8 Å². The lowest BCUT2D eigenvalue weighted by molar-refractivity contribution is -0.0495. The molecule has 0 bridgehead atoms. The van der Waals surface area contributed by atoms with E-state index in [1.165, 1.54) is 23.4 Å². The highest BCUT2D eigenvalue weighted by molar-refractivity contribution is 6.19. The van der Waals surface area contributed by atoms with Crippen molar-refractivity contribution in [3.63, 3.8) is 0 Å². The SMILES string of the molecule is N=C(CC(=NCC1CC1)c1cnc(N)c(OC(F)F)c1)C1=C2CC(N3CCOCC3)CC21. The highest BCUT2D eigenvalue weighted by Crippen LogP contribution is 2.53. The zero-order chi connectivity index (χ0) is 22.2. The third kappa shape index (κ3) is 4.68. The van der Waals surface area contributed by atoms with Gasteiger partial charge in [0.1, 0.15) is 0 Å². The van der Waals surface area contributed by atoms with Gasteiger partial charge in [-0.1, -0.05) is 5.57 Å². The van der Waals surface area contributed by atoms with Crippen molar-refractivity contribution in [3.05, 3.63) is 29.0 Å². The number of hydrogen-bond acceptors (Lipinski definition) is 7. The number of alkyl halides is 2. The van der Waals surface area contributed by atoms with Crippen LogP contribution in [0.4, 0.5) is 14.6 Å². The molecular weight excluding hydrogens is 416 g/mol. The Morgan fingerprint density at radius 3 is 2.78 bits per heavy atom. The molecule has 0 aromatic carbocycles. The van der Waals surface area contributed by atoms with Crippen molar-refractivity contribution < 1.29 is 18.3 Å². The molecular formula is C23H29F2N5O2. The van der Waals surface area contributed by atoms with Crippen LogP contribution < -0.4 is 10.5 Å². The maximum absolute atomic E-state index is 12.7. The summed E-state index contributed by atoms with van der Waals surface area (Å²) in [5, 5.41) is 8.74. The van der Waals surface area contributed by atoms with E-state index in [1.807, 2.05) is 0 Å². The van der Waals surface area contributed by atoms with Crippen molar-refractivity contribution in [2.24, 2.45) is 16.8 Å². The molecule has 0 spiro atoms. The Hall–Kier alpha value is -2.39. The molecule has 172 valence electrons. The lowest BCUT2D eigenvalue weighted by Crippen LogP contribution is -2.42. The number of nitrogens with zero attached hydrogens (tertiary/aromatic N) is 3. The first-order valence-corrected chi connectivity index (χ1v) is 11.4. The van der Waals surface area contributed by atoms with Crippen molar-refractivity contribution >= 4 is 17.2 Å². The third-order valence-corrected chi connectivity index (χ3v) is 6.89. The molecule has 5 rings (SSSR count). The molecule has 7 nitrogen and oxygen atoms in total. The number of allylic oxidation sites excluding steroid dienone is 1. The number of nitrogens with one attached hydrogen (secondary N) is 1. The number of fused-ring (bicyclic) bond motifs is 1. The lowest BCUT2D eigenvalue weighted by atomic mass is 10.00. The number of halogens is 2. The van der Waals surface area contributed by atoms with E-state index in [9.17, 15) is 8.78 Å². The number of aromatic nitrogens is 1. The van der Waals surface area contributed by atoms with Crippen molar-refractivity contribution in [3.8, 4) is 5.75 Å². The Bertz CT molecular complexity index is 954. The first-order valence-electron chi connectivity index (χ1n) is 11.4. The largest absolute Gasteiger partial charge is 0.431 e. The van der Waals surface area contributed by atoms with E-state index in [0.717, 1.165) is 52.0 Å². The standard InChI is InChI=1S/C23H29F2N5O2/c24-23(25)32-20-7-14(12-29-22(20)27)19(28-11-13-1-2-13)10-18(26)21-16-8-15(9-17(16)21)30-3-5-31-6-4-30/h7,12-13,15-16,23,26H,1-6,8-11H2,(H2,27,29). The summed E-state index contributed by atoms with van der Waals surface area (Å²) in [6.07, 6.45) is 6.34.